The summed E-state index contributed by atoms with van der Waals surface area (Å²) < 4.78 is 11.1. The minimum Gasteiger partial charge on any atom is -0.486 e. The van der Waals surface area contributed by atoms with Gasteiger partial charge in [0.1, 0.15) is 25.1 Å². The van der Waals surface area contributed by atoms with Gasteiger partial charge in [-0.15, -0.1) is 0 Å². The van der Waals surface area contributed by atoms with E-state index in [1.165, 1.54) is 11.9 Å². The number of urea groups is 1. The highest BCUT2D eigenvalue weighted by Gasteiger charge is 2.50. The van der Waals surface area contributed by atoms with Crippen molar-refractivity contribution >= 4 is 23.5 Å². The maximum absolute atomic E-state index is 13.2. The quantitative estimate of drug-likeness (QED) is 0.791. The van der Waals surface area contributed by atoms with Crippen LogP contribution in [0.5, 0.6) is 11.5 Å². The number of unbranched alkanes of at least 4 members (excludes halogenated alkanes) is 1. The fourth-order valence-corrected chi connectivity index (χ4v) is 4.11. The van der Waals surface area contributed by atoms with Gasteiger partial charge in [0.15, 0.2) is 11.5 Å². The highest BCUT2D eigenvalue weighted by molar-refractivity contribution is 6.06. The molecule has 2 unspecified atom stereocenters. The van der Waals surface area contributed by atoms with Gasteiger partial charge in [-0.05, 0) is 24.6 Å². The van der Waals surface area contributed by atoms with Crippen LogP contribution in [0, 0.1) is 5.92 Å². The first-order chi connectivity index (χ1) is 14.4. The number of hydrogen-bond donors (Lipinski definition) is 1. The van der Waals surface area contributed by atoms with Gasteiger partial charge in [0.25, 0.3) is 5.91 Å². The van der Waals surface area contributed by atoms with E-state index in [0.29, 0.717) is 42.6 Å². The Balaban J connectivity index is 1.60. The predicted molar refractivity (Wildman–Crippen MR) is 109 cm³/mol. The van der Waals surface area contributed by atoms with Gasteiger partial charge >= 0.3 is 6.03 Å². The molecule has 0 aromatic heterocycles. The number of benzene rings is 1. The molecule has 1 fully saturated rings. The second kappa shape index (κ2) is 7.89. The molecule has 0 aliphatic carbocycles. The van der Waals surface area contributed by atoms with Crippen LogP contribution < -0.4 is 14.8 Å². The van der Waals surface area contributed by atoms with Crippen LogP contribution in [0.2, 0.25) is 0 Å². The molecule has 0 radical (unpaired) electrons. The summed E-state index contributed by atoms with van der Waals surface area (Å²) in [5.41, 5.74) is 0.972. The lowest BCUT2D eigenvalue weighted by molar-refractivity contribution is -0.137. The summed E-state index contributed by atoms with van der Waals surface area (Å²) in [5, 5.41) is 2.89. The molecule has 4 amide bonds. The summed E-state index contributed by atoms with van der Waals surface area (Å²) in [7, 11) is 3.13. The Kier molecular flexibility index (Phi) is 5.27. The molecule has 30 heavy (non-hydrogen) atoms. The lowest BCUT2D eigenvalue weighted by Crippen LogP contribution is -2.62. The number of carbonyl (C=O) groups excluding carboxylic acids is 3. The number of hydrogen-bond acceptors (Lipinski definition) is 6. The molecule has 1 aromatic rings. The smallest absolute Gasteiger partial charge is 0.327 e. The average molecular weight is 414 g/mol. The molecule has 0 saturated carbocycles. The highest BCUT2D eigenvalue weighted by atomic mass is 16.6. The molecule has 160 valence electrons. The van der Waals surface area contributed by atoms with Crippen molar-refractivity contribution in [1.82, 2.24) is 14.7 Å². The van der Waals surface area contributed by atoms with Gasteiger partial charge in [0.05, 0.1) is 5.92 Å². The second-order valence-electron chi connectivity index (χ2n) is 7.64. The number of amides is 4. The molecule has 3 aliphatic rings. The van der Waals surface area contributed by atoms with E-state index in [-0.39, 0.29) is 17.8 Å². The van der Waals surface area contributed by atoms with Gasteiger partial charge in [0.2, 0.25) is 5.91 Å². The van der Waals surface area contributed by atoms with Crippen molar-refractivity contribution in [2.24, 2.45) is 5.92 Å². The van der Waals surface area contributed by atoms with E-state index in [1.807, 2.05) is 4.90 Å². The minimum atomic E-state index is -0.574. The fourth-order valence-electron chi connectivity index (χ4n) is 4.11. The van der Waals surface area contributed by atoms with Gasteiger partial charge in [0, 0.05) is 32.4 Å². The van der Waals surface area contributed by atoms with E-state index in [9.17, 15) is 14.4 Å². The molecular weight excluding hydrogens is 388 g/mol. The molecule has 4 rings (SSSR count). The topological polar surface area (TPSA) is 91.4 Å². The molecule has 2 atom stereocenters. The number of nitrogens with zero attached hydrogens (tertiary/aromatic N) is 3. The number of imide groups is 1. The van der Waals surface area contributed by atoms with Gasteiger partial charge in [-0.1, -0.05) is 13.3 Å². The zero-order valence-electron chi connectivity index (χ0n) is 17.4. The van der Waals surface area contributed by atoms with Crippen molar-refractivity contribution in [2.75, 3.05) is 39.2 Å². The monoisotopic (exact) mass is 414 g/mol. The normalized spacial score (nSPS) is 22.8. The van der Waals surface area contributed by atoms with Crippen LogP contribution in [0.15, 0.2) is 30.0 Å². The summed E-state index contributed by atoms with van der Waals surface area (Å²) in [6, 6.07) is 4.86. The van der Waals surface area contributed by atoms with Crippen molar-refractivity contribution in [3.05, 3.63) is 30.0 Å². The average Bonchev–Trinajstić information content (AvgIpc) is 3.14. The Morgan fingerprint density at radius 3 is 2.63 bits per heavy atom. The molecule has 9 heteroatoms. The van der Waals surface area contributed by atoms with Gasteiger partial charge in [-0.2, -0.15) is 0 Å². The van der Waals surface area contributed by atoms with Gasteiger partial charge in [-0.3, -0.25) is 14.5 Å². The first-order valence-corrected chi connectivity index (χ1v) is 10.2. The molecule has 3 heterocycles. The zero-order valence-corrected chi connectivity index (χ0v) is 17.4. The van der Waals surface area contributed by atoms with Crippen molar-refractivity contribution in [3.8, 4) is 11.5 Å². The predicted octanol–water partition coefficient (Wildman–Crippen LogP) is 1.86. The number of nitrogens with one attached hydrogen (secondary N) is 1. The van der Waals surface area contributed by atoms with E-state index >= 15 is 0 Å². The molecular formula is C21H26N4O5. The number of rotatable bonds is 5. The molecule has 1 aromatic carbocycles. The molecule has 9 nitrogen and oxygen atoms in total. The van der Waals surface area contributed by atoms with Crippen LogP contribution >= 0.6 is 0 Å². The second-order valence-corrected chi connectivity index (χ2v) is 7.64. The Morgan fingerprint density at radius 1 is 1.17 bits per heavy atom. The van der Waals surface area contributed by atoms with Crippen LogP contribution in [0.3, 0.4) is 0 Å². The minimum absolute atomic E-state index is 0.299. The number of carbonyl (C=O) groups is 3. The number of fused-ring (bicyclic) bond motifs is 2. The lowest BCUT2D eigenvalue weighted by Gasteiger charge is -2.43. The van der Waals surface area contributed by atoms with Crippen LogP contribution in [0.4, 0.5) is 10.5 Å². The fraction of sp³-hybridized carbons (Fsp3) is 0.476. The summed E-state index contributed by atoms with van der Waals surface area (Å²) in [4.78, 5) is 42.8. The van der Waals surface area contributed by atoms with Crippen LogP contribution in [0.1, 0.15) is 19.8 Å². The molecule has 3 aliphatic heterocycles. The summed E-state index contributed by atoms with van der Waals surface area (Å²) in [5.74, 6) is 0.0255. The third-order valence-electron chi connectivity index (χ3n) is 5.67. The van der Waals surface area contributed by atoms with Crippen LogP contribution in [0.25, 0.3) is 0 Å². The number of anilines is 1. The number of ether oxygens (including phenoxy) is 2. The highest BCUT2D eigenvalue weighted by Crippen LogP contribution is 2.36. The van der Waals surface area contributed by atoms with Crippen molar-refractivity contribution in [2.45, 2.75) is 25.9 Å². The standard InChI is InChI=1S/C21H26N4O5/c1-4-5-8-25-15(12-14-19(25)23(2)21(28)24(3)20(14)27)18(26)22-13-6-7-16-17(11-13)30-10-9-29-16/h6-7,11-12,14,19H,4-5,8-10H2,1-3H3,(H,22,26). The summed E-state index contributed by atoms with van der Waals surface area (Å²) in [6.45, 7) is 3.59. The molecule has 1 saturated heterocycles. The van der Waals surface area contributed by atoms with Gasteiger partial charge in [-0.25, -0.2) is 4.79 Å². The van der Waals surface area contributed by atoms with Gasteiger partial charge < -0.3 is 24.6 Å². The van der Waals surface area contributed by atoms with E-state index in [4.69, 9.17) is 9.47 Å². The van der Waals surface area contributed by atoms with Crippen LogP contribution in [-0.4, -0.2) is 72.6 Å². The van der Waals surface area contributed by atoms with Crippen molar-refractivity contribution < 1.29 is 23.9 Å². The maximum atomic E-state index is 13.2. The molecule has 0 spiro atoms. The lowest BCUT2D eigenvalue weighted by atomic mass is 10.0. The van der Waals surface area contributed by atoms with Crippen LogP contribution in [-0.2, 0) is 9.59 Å². The Hall–Kier alpha value is -3.23. The Bertz CT molecular complexity index is 915. The Labute approximate surface area is 175 Å². The summed E-state index contributed by atoms with van der Waals surface area (Å²) >= 11 is 0. The zero-order chi connectivity index (χ0) is 21.4. The van der Waals surface area contributed by atoms with Crippen molar-refractivity contribution in [1.29, 1.82) is 0 Å². The molecule has 0 bridgehead atoms. The maximum Gasteiger partial charge on any atom is 0.327 e. The third-order valence-corrected chi connectivity index (χ3v) is 5.67. The van der Waals surface area contributed by atoms with Crippen molar-refractivity contribution in [3.63, 3.8) is 0 Å². The third kappa shape index (κ3) is 3.34. The molecule has 1 N–H and O–H groups in total. The largest absolute Gasteiger partial charge is 0.486 e. The van der Waals surface area contributed by atoms with E-state index in [0.717, 1.165) is 17.7 Å². The van der Waals surface area contributed by atoms with E-state index < -0.39 is 12.1 Å². The first kappa shape index (κ1) is 20.1. The summed E-state index contributed by atoms with van der Waals surface area (Å²) in [6.07, 6.45) is 2.95. The SMILES string of the molecule is CCCCN1C(C(=O)Nc2ccc3c(c2)OCCO3)=CC2C(=O)N(C)C(=O)N(C)C21. The van der Waals surface area contributed by atoms with E-state index in [2.05, 4.69) is 12.2 Å². The Morgan fingerprint density at radius 2 is 1.90 bits per heavy atom. The van der Waals surface area contributed by atoms with E-state index in [1.54, 1.807) is 31.3 Å². The first-order valence-electron chi connectivity index (χ1n) is 10.2.